The van der Waals surface area contributed by atoms with E-state index in [4.69, 9.17) is 5.73 Å². The number of hydrogen-bond donors (Lipinski definition) is 1. The minimum atomic E-state index is -0.0248. The van der Waals surface area contributed by atoms with Crippen LogP contribution in [-0.2, 0) is 0 Å². The Kier molecular flexibility index (Phi) is 4.40. The molecule has 3 heterocycles. The lowest BCUT2D eigenvalue weighted by Crippen LogP contribution is -2.32. The monoisotopic (exact) mass is 336 g/mol. The van der Waals surface area contributed by atoms with E-state index in [0.29, 0.717) is 18.7 Å². The third-order valence-corrected chi connectivity index (χ3v) is 5.30. The number of anilines is 1. The maximum absolute atomic E-state index is 12.8. The van der Waals surface area contributed by atoms with Crippen LogP contribution < -0.4 is 10.6 Å². The number of amides is 1. The van der Waals surface area contributed by atoms with Gasteiger partial charge in [-0.25, -0.2) is 4.98 Å². The van der Waals surface area contributed by atoms with E-state index in [0.717, 1.165) is 18.9 Å². The van der Waals surface area contributed by atoms with Gasteiger partial charge in [-0.1, -0.05) is 30.3 Å². The lowest BCUT2D eigenvalue weighted by Gasteiger charge is -2.18. The van der Waals surface area contributed by atoms with Gasteiger partial charge in [-0.2, -0.15) is 0 Å². The van der Waals surface area contributed by atoms with Gasteiger partial charge < -0.3 is 15.5 Å². The van der Waals surface area contributed by atoms with Gasteiger partial charge in [0.25, 0.3) is 5.91 Å². The Morgan fingerprint density at radius 1 is 1.04 bits per heavy atom. The molecule has 0 saturated carbocycles. The van der Waals surface area contributed by atoms with Crippen LogP contribution in [0.5, 0.6) is 0 Å². The van der Waals surface area contributed by atoms with Crippen LogP contribution >= 0.6 is 0 Å². The maximum atomic E-state index is 12.8. The van der Waals surface area contributed by atoms with Crippen LogP contribution in [-0.4, -0.2) is 48.0 Å². The molecule has 1 amide bonds. The molecule has 2 N–H and O–H groups in total. The number of pyridine rings is 1. The molecule has 2 fully saturated rings. The summed E-state index contributed by atoms with van der Waals surface area (Å²) < 4.78 is 0. The second-order valence-corrected chi connectivity index (χ2v) is 6.99. The minimum absolute atomic E-state index is 0.0225. The SMILES string of the molecule is N[C@@H]1CN(C(=O)c2ccc(N3CCCC3)nc2)C[C@H]1c1ccccc1. The van der Waals surface area contributed by atoms with Crippen LogP contribution in [0.15, 0.2) is 48.7 Å². The molecule has 2 aromatic rings. The van der Waals surface area contributed by atoms with Crippen molar-refractivity contribution in [2.75, 3.05) is 31.1 Å². The quantitative estimate of drug-likeness (QED) is 0.934. The van der Waals surface area contributed by atoms with E-state index < -0.39 is 0 Å². The molecule has 2 aliphatic rings. The second kappa shape index (κ2) is 6.84. The fourth-order valence-corrected chi connectivity index (χ4v) is 3.88. The Labute approximate surface area is 148 Å². The van der Waals surface area contributed by atoms with Crippen molar-refractivity contribution in [3.8, 4) is 0 Å². The Bertz CT molecular complexity index is 725. The zero-order chi connectivity index (χ0) is 17.2. The largest absolute Gasteiger partial charge is 0.357 e. The zero-order valence-electron chi connectivity index (χ0n) is 14.3. The van der Waals surface area contributed by atoms with E-state index in [1.165, 1.54) is 18.4 Å². The molecule has 2 aliphatic heterocycles. The summed E-state index contributed by atoms with van der Waals surface area (Å²) in [4.78, 5) is 21.4. The first-order valence-corrected chi connectivity index (χ1v) is 9.03. The minimum Gasteiger partial charge on any atom is -0.357 e. The third kappa shape index (κ3) is 3.24. The number of hydrogen-bond acceptors (Lipinski definition) is 4. The van der Waals surface area contributed by atoms with Gasteiger partial charge in [0.2, 0.25) is 0 Å². The van der Waals surface area contributed by atoms with Crippen LogP contribution in [0, 0.1) is 0 Å². The fourth-order valence-electron chi connectivity index (χ4n) is 3.88. The van der Waals surface area contributed by atoms with Gasteiger partial charge in [0.1, 0.15) is 5.82 Å². The van der Waals surface area contributed by atoms with Gasteiger partial charge in [-0.15, -0.1) is 0 Å². The number of likely N-dealkylation sites (tertiary alicyclic amines) is 1. The van der Waals surface area contributed by atoms with Crippen molar-refractivity contribution in [1.82, 2.24) is 9.88 Å². The average Bonchev–Trinajstić information content (AvgIpc) is 3.32. The highest BCUT2D eigenvalue weighted by molar-refractivity contribution is 5.94. The number of aromatic nitrogens is 1. The van der Waals surface area contributed by atoms with Crippen molar-refractivity contribution in [3.63, 3.8) is 0 Å². The molecule has 0 bridgehead atoms. The highest BCUT2D eigenvalue weighted by Gasteiger charge is 2.34. The summed E-state index contributed by atoms with van der Waals surface area (Å²) in [5.41, 5.74) is 8.15. The number of carbonyl (C=O) groups is 1. The van der Waals surface area contributed by atoms with Gasteiger partial charge in [-0.3, -0.25) is 4.79 Å². The van der Waals surface area contributed by atoms with Gasteiger partial charge in [0, 0.05) is 44.3 Å². The standard InChI is InChI=1S/C20H24N4O/c21-18-14-24(13-17(18)15-6-2-1-3-7-15)20(25)16-8-9-19(22-12-16)23-10-4-5-11-23/h1-3,6-9,12,17-18H,4-5,10-11,13-14,21H2/t17-,18+/m0/s1. The molecule has 0 aliphatic carbocycles. The second-order valence-electron chi connectivity index (χ2n) is 6.99. The molecule has 5 nitrogen and oxygen atoms in total. The average molecular weight is 336 g/mol. The first kappa shape index (κ1) is 16.1. The first-order chi connectivity index (χ1) is 12.2. The summed E-state index contributed by atoms with van der Waals surface area (Å²) in [7, 11) is 0. The highest BCUT2D eigenvalue weighted by Crippen LogP contribution is 2.27. The van der Waals surface area contributed by atoms with E-state index in [9.17, 15) is 4.79 Å². The van der Waals surface area contributed by atoms with Crippen molar-refractivity contribution in [2.24, 2.45) is 5.73 Å². The van der Waals surface area contributed by atoms with E-state index in [-0.39, 0.29) is 17.9 Å². The molecule has 5 heteroatoms. The zero-order valence-corrected chi connectivity index (χ0v) is 14.3. The molecule has 2 saturated heterocycles. The number of rotatable bonds is 3. The molecular formula is C20H24N4O. The maximum Gasteiger partial charge on any atom is 0.255 e. The first-order valence-electron chi connectivity index (χ1n) is 9.03. The van der Waals surface area contributed by atoms with Crippen molar-refractivity contribution in [2.45, 2.75) is 24.8 Å². The molecular weight excluding hydrogens is 312 g/mol. The summed E-state index contributed by atoms with van der Waals surface area (Å²) in [6.07, 6.45) is 4.14. The number of nitrogens with zero attached hydrogens (tertiary/aromatic N) is 3. The lowest BCUT2D eigenvalue weighted by atomic mass is 9.95. The van der Waals surface area contributed by atoms with Crippen molar-refractivity contribution >= 4 is 11.7 Å². The lowest BCUT2D eigenvalue weighted by molar-refractivity contribution is 0.0789. The van der Waals surface area contributed by atoms with Crippen molar-refractivity contribution in [3.05, 3.63) is 59.8 Å². The predicted molar refractivity (Wildman–Crippen MR) is 98.7 cm³/mol. The Hall–Kier alpha value is -2.40. The molecule has 25 heavy (non-hydrogen) atoms. The Morgan fingerprint density at radius 3 is 2.48 bits per heavy atom. The van der Waals surface area contributed by atoms with Crippen LogP contribution in [0.1, 0.15) is 34.7 Å². The molecule has 1 aromatic carbocycles. The van der Waals surface area contributed by atoms with Crippen molar-refractivity contribution in [1.29, 1.82) is 0 Å². The van der Waals surface area contributed by atoms with Gasteiger partial charge in [-0.05, 0) is 30.5 Å². The van der Waals surface area contributed by atoms with E-state index in [1.807, 2.05) is 35.2 Å². The molecule has 130 valence electrons. The molecule has 0 radical (unpaired) electrons. The summed E-state index contributed by atoms with van der Waals surface area (Å²) in [6.45, 7) is 3.37. The smallest absolute Gasteiger partial charge is 0.255 e. The van der Waals surface area contributed by atoms with Crippen LogP contribution in [0.4, 0.5) is 5.82 Å². The van der Waals surface area contributed by atoms with Gasteiger partial charge in [0.15, 0.2) is 0 Å². The van der Waals surface area contributed by atoms with Crippen LogP contribution in [0.25, 0.3) is 0 Å². The van der Waals surface area contributed by atoms with E-state index in [2.05, 4.69) is 22.0 Å². The van der Waals surface area contributed by atoms with E-state index >= 15 is 0 Å². The summed E-state index contributed by atoms with van der Waals surface area (Å²) in [5, 5.41) is 0. The summed E-state index contributed by atoms with van der Waals surface area (Å²) >= 11 is 0. The van der Waals surface area contributed by atoms with Crippen LogP contribution in [0.2, 0.25) is 0 Å². The number of nitrogens with two attached hydrogens (primary N) is 1. The van der Waals surface area contributed by atoms with E-state index in [1.54, 1.807) is 6.20 Å². The molecule has 0 spiro atoms. The summed E-state index contributed by atoms with van der Waals surface area (Å²) in [5.74, 6) is 1.19. The van der Waals surface area contributed by atoms with Crippen LogP contribution in [0.3, 0.4) is 0 Å². The fraction of sp³-hybridized carbons (Fsp3) is 0.400. The number of carbonyl (C=O) groups excluding carboxylic acids is 1. The van der Waals surface area contributed by atoms with Gasteiger partial charge in [0.05, 0.1) is 5.56 Å². The molecule has 2 atom stereocenters. The molecule has 1 aromatic heterocycles. The molecule has 0 unspecified atom stereocenters. The molecule has 4 rings (SSSR count). The normalized spacial score (nSPS) is 23.2. The highest BCUT2D eigenvalue weighted by atomic mass is 16.2. The van der Waals surface area contributed by atoms with Gasteiger partial charge >= 0.3 is 0 Å². The predicted octanol–water partition coefficient (Wildman–Crippen LogP) is 2.25. The summed E-state index contributed by atoms with van der Waals surface area (Å²) in [6, 6.07) is 14.0. The topological polar surface area (TPSA) is 62.5 Å². The van der Waals surface area contributed by atoms with Crippen molar-refractivity contribution < 1.29 is 4.79 Å². The number of benzene rings is 1. The Morgan fingerprint density at radius 2 is 1.80 bits per heavy atom. The Balaban J connectivity index is 1.46. The third-order valence-electron chi connectivity index (χ3n) is 5.30.